The third kappa shape index (κ3) is 4.20. The first kappa shape index (κ1) is 29.1. The summed E-state index contributed by atoms with van der Waals surface area (Å²) in [6.07, 6.45) is 7.38. The Morgan fingerprint density at radius 1 is 1.26 bits per heavy atom. The number of aromatic nitrogens is 2. The third-order valence-corrected chi connectivity index (χ3v) is 11.8. The fraction of sp³-hybridized carbons (Fsp3) is 0.576. The van der Waals surface area contributed by atoms with Crippen molar-refractivity contribution < 1.29 is 23.8 Å². The molecule has 3 saturated carbocycles. The maximum Gasteiger partial charge on any atom is 0.309 e. The zero-order valence-corrected chi connectivity index (χ0v) is 25.4. The Kier molecular flexibility index (Phi) is 7.17. The molecule has 1 aromatic heterocycles. The molecule has 6 rings (SSSR count). The van der Waals surface area contributed by atoms with Crippen LogP contribution in [0.1, 0.15) is 71.1 Å². The van der Waals surface area contributed by atoms with Crippen molar-refractivity contribution in [3.63, 3.8) is 0 Å². The summed E-state index contributed by atoms with van der Waals surface area (Å²) in [5.74, 6) is -0.873. The molecule has 0 saturated heterocycles. The van der Waals surface area contributed by atoms with E-state index in [4.69, 9.17) is 4.74 Å². The maximum absolute atomic E-state index is 13.8. The largest absolute Gasteiger partial charge is 0.449 e. The molecule has 4 aliphatic rings. The Morgan fingerprint density at radius 2 is 2.00 bits per heavy atom. The van der Waals surface area contributed by atoms with Gasteiger partial charge in [0.25, 0.3) is 0 Å². The van der Waals surface area contributed by atoms with Crippen LogP contribution in [0.3, 0.4) is 0 Å². The van der Waals surface area contributed by atoms with E-state index in [1.54, 1.807) is 26.0 Å². The molecule has 0 aliphatic heterocycles. The quantitative estimate of drug-likeness (QED) is 0.433. The van der Waals surface area contributed by atoms with E-state index in [9.17, 15) is 24.3 Å². The van der Waals surface area contributed by atoms with Gasteiger partial charge in [0.15, 0.2) is 5.60 Å². The number of nitriles is 1. The van der Waals surface area contributed by atoms with Gasteiger partial charge in [-0.05, 0) is 97.6 Å². The first-order chi connectivity index (χ1) is 19.9. The number of ether oxygens (including phenoxy) is 1. The fourth-order valence-electron chi connectivity index (χ4n) is 9.01. The van der Waals surface area contributed by atoms with Gasteiger partial charge in [0.05, 0.1) is 41.4 Å². The van der Waals surface area contributed by atoms with Crippen molar-refractivity contribution in [2.24, 2.45) is 34.5 Å². The van der Waals surface area contributed by atoms with E-state index in [-0.39, 0.29) is 39.9 Å². The summed E-state index contributed by atoms with van der Waals surface area (Å²) in [7, 11) is 0. The summed E-state index contributed by atoms with van der Waals surface area (Å²) in [5, 5.41) is 25.6. The Bertz CT molecular complexity index is 1500. The molecule has 4 aliphatic carbocycles. The lowest BCUT2D eigenvalue weighted by Crippen LogP contribution is -2.62. The molecule has 9 heteroatoms. The van der Waals surface area contributed by atoms with Crippen LogP contribution in [0.25, 0.3) is 11.8 Å². The number of hydrogen-bond donors (Lipinski definition) is 1. The third-order valence-electron chi connectivity index (χ3n) is 11.0. The van der Waals surface area contributed by atoms with E-state index >= 15 is 0 Å². The molecular weight excluding hydrogens is 553 g/mol. The van der Waals surface area contributed by atoms with E-state index in [0.29, 0.717) is 12.8 Å². The van der Waals surface area contributed by atoms with Crippen LogP contribution in [0, 0.1) is 51.6 Å². The zero-order valence-electron chi connectivity index (χ0n) is 24.6. The minimum Gasteiger partial charge on any atom is -0.449 e. The molecule has 2 unspecified atom stereocenters. The highest BCUT2D eigenvalue weighted by molar-refractivity contribution is 8.14. The van der Waals surface area contributed by atoms with Gasteiger partial charge in [0.1, 0.15) is 5.82 Å². The molecule has 0 radical (unpaired) electrons. The van der Waals surface area contributed by atoms with Crippen LogP contribution in [0.2, 0.25) is 0 Å². The number of esters is 1. The summed E-state index contributed by atoms with van der Waals surface area (Å²) in [6.45, 7) is 7.81. The Labute approximate surface area is 250 Å². The van der Waals surface area contributed by atoms with E-state index in [1.807, 2.05) is 23.9 Å². The fourth-order valence-corrected chi connectivity index (χ4v) is 9.81. The van der Waals surface area contributed by atoms with Gasteiger partial charge in [-0.3, -0.25) is 9.59 Å². The van der Waals surface area contributed by atoms with Gasteiger partial charge < -0.3 is 9.84 Å². The van der Waals surface area contributed by atoms with Gasteiger partial charge in [0, 0.05) is 5.41 Å². The van der Waals surface area contributed by atoms with E-state index < -0.39 is 29.0 Å². The molecule has 7 nitrogen and oxygen atoms in total. The molecule has 42 heavy (non-hydrogen) atoms. The molecule has 3 fully saturated rings. The van der Waals surface area contributed by atoms with Gasteiger partial charge in [-0.1, -0.05) is 45.0 Å². The van der Waals surface area contributed by atoms with Gasteiger partial charge in [-0.15, -0.1) is 0 Å². The molecule has 1 aromatic carbocycles. The number of fused-ring (bicyclic) bond motifs is 6. The van der Waals surface area contributed by atoms with E-state index in [0.717, 1.165) is 54.4 Å². The number of benzene rings is 1. The van der Waals surface area contributed by atoms with Crippen LogP contribution < -0.4 is 0 Å². The lowest BCUT2D eigenvalue weighted by Gasteiger charge is -2.60. The van der Waals surface area contributed by atoms with Gasteiger partial charge in [-0.2, -0.15) is 10.4 Å². The molecule has 0 spiro atoms. The summed E-state index contributed by atoms with van der Waals surface area (Å²) in [5.41, 5.74) is 1.82. The molecule has 0 bridgehead atoms. The normalized spacial score (nSPS) is 34.9. The smallest absolute Gasteiger partial charge is 0.309 e. The van der Waals surface area contributed by atoms with Gasteiger partial charge in [-0.25, -0.2) is 9.07 Å². The predicted molar refractivity (Wildman–Crippen MR) is 158 cm³/mol. The summed E-state index contributed by atoms with van der Waals surface area (Å²) in [6, 6.07) is 8.37. The standard InChI is InChI=1S/C33H38FN3O4S/c1-19(2)29(39)41-33(30(40)42-14-13-35)12-11-25-24-10-5-21-15-26-20(18-36-37(26)23-8-6-22(34)7-9-23)16-31(21,3)28(24)27(38)17-32(25,33)4/h6-9,15,18-19,24-25,27-28,38H,5,10-12,14,16-17H2,1-4H3/t24?,25-,27-,28+,31?,32-,33-/m0/s1. The Morgan fingerprint density at radius 3 is 2.69 bits per heavy atom. The van der Waals surface area contributed by atoms with Crippen molar-refractivity contribution in [1.82, 2.24) is 9.78 Å². The van der Waals surface area contributed by atoms with Gasteiger partial charge >= 0.3 is 5.97 Å². The summed E-state index contributed by atoms with van der Waals surface area (Å²) in [4.78, 5) is 26.8. The Hall–Kier alpha value is -2.96. The molecule has 7 atom stereocenters. The van der Waals surface area contributed by atoms with Crippen molar-refractivity contribution >= 4 is 28.9 Å². The second-order valence-corrected chi connectivity index (χ2v) is 14.4. The second-order valence-electron chi connectivity index (χ2n) is 13.4. The molecular formula is C33H38FN3O4S. The molecule has 1 heterocycles. The number of nitrogens with zero attached hydrogens (tertiary/aromatic N) is 3. The maximum atomic E-state index is 13.8. The van der Waals surface area contributed by atoms with Crippen LogP contribution in [-0.4, -0.2) is 43.4 Å². The lowest BCUT2D eigenvalue weighted by molar-refractivity contribution is -0.198. The number of halogens is 1. The SMILES string of the molecule is CC(C)C(=O)O[C@]1(C(=O)SCC#N)CC[C@H]2C3CCC4=Cc5c(cnn5-c5ccc(F)cc5)CC4(C)[C@H]3[C@@H](O)C[C@@]21C. The molecule has 1 N–H and O–H groups in total. The van der Waals surface area contributed by atoms with Crippen molar-refractivity contribution in [3.8, 4) is 11.8 Å². The first-order valence-electron chi connectivity index (χ1n) is 14.9. The highest BCUT2D eigenvalue weighted by atomic mass is 32.2. The van der Waals surface area contributed by atoms with E-state index in [1.165, 1.54) is 17.7 Å². The van der Waals surface area contributed by atoms with Crippen LogP contribution in [0.15, 0.2) is 36.0 Å². The number of rotatable bonds is 5. The number of allylic oxidation sites excluding steroid dienone is 1. The van der Waals surface area contributed by atoms with Crippen LogP contribution in [0.5, 0.6) is 0 Å². The highest BCUT2D eigenvalue weighted by Gasteiger charge is 2.70. The number of thioether (sulfide) groups is 1. The van der Waals surface area contributed by atoms with Crippen molar-refractivity contribution in [2.45, 2.75) is 77.9 Å². The van der Waals surface area contributed by atoms with Gasteiger partial charge in [0.2, 0.25) is 5.12 Å². The minimum absolute atomic E-state index is 0.00463. The lowest BCUT2D eigenvalue weighted by atomic mass is 9.45. The van der Waals surface area contributed by atoms with Crippen molar-refractivity contribution in [3.05, 3.63) is 53.1 Å². The average Bonchev–Trinajstić information content (AvgIpc) is 3.48. The van der Waals surface area contributed by atoms with Crippen molar-refractivity contribution in [2.75, 3.05) is 5.75 Å². The summed E-state index contributed by atoms with van der Waals surface area (Å²) >= 11 is 0.924. The number of aliphatic hydroxyl groups is 1. The monoisotopic (exact) mass is 591 g/mol. The average molecular weight is 592 g/mol. The number of carbonyl (C=O) groups excluding carboxylic acids is 2. The topological polar surface area (TPSA) is 105 Å². The second kappa shape index (κ2) is 10.3. The minimum atomic E-state index is -1.36. The van der Waals surface area contributed by atoms with E-state index in [2.05, 4.69) is 18.1 Å². The zero-order chi connectivity index (χ0) is 30.0. The Balaban J connectivity index is 1.35. The molecule has 222 valence electrons. The highest BCUT2D eigenvalue weighted by Crippen LogP contribution is 2.69. The van der Waals surface area contributed by atoms with Crippen molar-refractivity contribution in [1.29, 1.82) is 5.26 Å². The summed E-state index contributed by atoms with van der Waals surface area (Å²) < 4.78 is 21.6. The number of hydrogen-bond acceptors (Lipinski definition) is 7. The number of carbonyl (C=O) groups is 2. The first-order valence-corrected chi connectivity index (χ1v) is 15.9. The van der Waals surface area contributed by atoms with Crippen LogP contribution in [-0.2, 0) is 20.7 Å². The van der Waals surface area contributed by atoms with Crippen LogP contribution in [0.4, 0.5) is 4.39 Å². The number of aliphatic hydroxyl groups excluding tert-OH is 1. The van der Waals surface area contributed by atoms with Crippen LogP contribution >= 0.6 is 11.8 Å². The molecule has 0 amide bonds. The molecule has 2 aromatic rings. The predicted octanol–water partition coefficient (Wildman–Crippen LogP) is 5.89.